The van der Waals surface area contributed by atoms with Gasteiger partial charge in [-0.2, -0.15) is 0 Å². The Kier molecular flexibility index (Phi) is 9.91. The number of piperidine rings is 3. The predicted molar refractivity (Wildman–Crippen MR) is 237 cm³/mol. The van der Waals surface area contributed by atoms with Gasteiger partial charge in [-0.05, 0) is 98.5 Å². The summed E-state index contributed by atoms with van der Waals surface area (Å²) in [6.07, 6.45) is 5.56. The maximum Gasteiger partial charge on any atom is 0.262 e. The molecular weight excluding hydrogens is 804 g/mol. The number of carbonyl (C=O) groups excluding carboxylic acids is 5. The SMILES string of the molecule is [C-]#[N+]c1ccc(N2CCC3(CCN(c4ccc(C(=O)N5C[C@@]6(C)CN(C7CCN(c8ccc9c(c8)C(=O)N(C8CCC(=O)NC8=O)C9=O)CC7)C[C@@]6(C)C5)cc4)CC3)C2)cc1Cl. The van der Waals surface area contributed by atoms with Crippen molar-refractivity contribution < 1.29 is 24.0 Å². The minimum absolute atomic E-state index is 0.0198. The molecule has 3 atom stereocenters. The van der Waals surface area contributed by atoms with Gasteiger partial charge < -0.3 is 19.6 Å². The molecule has 0 bridgehead atoms. The van der Waals surface area contributed by atoms with Gasteiger partial charge in [0.15, 0.2) is 0 Å². The number of fused-ring (bicyclic) bond motifs is 2. The summed E-state index contributed by atoms with van der Waals surface area (Å²) in [6, 6.07) is 18.9. The molecule has 1 spiro atoms. The minimum Gasteiger partial charge on any atom is -0.371 e. The number of hydrogen-bond acceptors (Lipinski definition) is 9. The van der Waals surface area contributed by atoms with Crippen LogP contribution in [0.15, 0.2) is 60.7 Å². The van der Waals surface area contributed by atoms with E-state index in [2.05, 4.69) is 60.6 Å². The third kappa shape index (κ3) is 6.81. The fraction of sp³-hybridized carbons (Fsp3) is 0.500. The highest BCUT2D eigenvalue weighted by Crippen LogP contribution is 2.53. The van der Waals surface area contributed by atoms with Gasteiger partial charge in [0.05, 0.1) is 17.7 Å². The highest BCUT2D eigenvalue weighted by atomic mass is 35.5. The topological polar surface area (TPSA) is 121 Å². The van der Waals surface area contributed by atoms with Gasteiger partial charge in [0.25, 0.3) is 17.7 Å². The van der Waals surface area contributed by atoms with Crippen molar-refractivity contribution in [3.8, 4) is 0 Å². The summed E-state index contributed by atoms with van der Waals surface area (Å²) in [5.74, 6) is -1.86. The molecule has 7 aliphatic rings. The van der Waals surface area contributed by atoms with Gasteiger partial charge in [-0.3, -0.25) is 39.1 Å². The molecule has 5 amide bonds. The molecule has 62 heavy (non-hydrogen) atoms. The average molecular weight is 857 g/mol. The number of likely N-dealkylation sites (tertiary alicyclic amines) is 2. The van der Waals surface area contributed by atoms with E-state index >= 15 is 0 Å². The molecule has 7 heterocycles. The number of rotatable bonds is 6. The second kappa shape index (κ2) is 15.1. The normalized spacial score (nSPS) is 27.6. The maximum absolute atomic E-state index is 14.0. The number of nitrogens with zero attached hydrogens (tertiary/aromatic N) is 7. The number of nitrogens with one attached hydrogen (secondary N) is 1. The fourth-order valence-corrected chi connectivity index (χ4v) is 12.1. The fourth-order valence-electron chi connectivity index (χ4n) is 11.8. The highest BCUT2D eigenvalue weighted by molar-refractivity contribution is 6.33. The van der Waals surface area contributed by atoms with Gasteiger partial charge in [-0.15, -0.1) is 0 Å². The van der Waals surface area contributed by atoms with Crippen molar-refractivity contribution in [1.29, 1.82) is 0 Å². The summed E-state index contributed by atoms with van der Waals surface area (Å²) in [6.45, 7) is 21.0. The highest BCUT2D eigenvalue weighted by Gasteiger charge is 2.59. The third-order valence-electron chi connectivity index (χ3n) is 15.9. The van der Waals surface area contributed by atoms with E-state index < -0.39 is 29.7 Å². The lowest BCUT2D eigenvalue weighted by atomic mass is 9.71. The quantitative estimate of drug-likeness (QED) is 0.227. The lowest BCUT2D eigenvalue weighted by Gasteiger charge is -2.40. The van der Waals surface area contributed by atoms with E-state index in [0.717, 1.165) is 119 Å². The van der Waals surface area contributed by atoms with Gasteiger partial charge in [-0.25, -0.2) is 4.85 Å². The molecular formula is C48H53ClN8O5. The summed E-state index contributed by atoms with van der Waals surface area (Å²) in [5.41, 5.74) is 5.25. The van der Waals surface area contributed by atoms with Crippen molar-refractivity contribution in [2.45, 2.75) is 70.9 Å². The number of benzene rings is 3. The summed E-state index contributed by atoms with van der Waals surface area (Å²) in [7, 11) is 0. The molecule has 13 nitrogen and oxygen atoms in total. The average Bonchev–Trinajstić information content (AvgIpc) is 3.95. The largest absolute Gasteiger partial charge is 0.371 e. The monoisotopic (exact) mass is 856 g/mol. The van der Waals surface area contributed by atoms with Crippen LogP contribution in [0.4, 0.5) is 22.7 Å². The first-order valence-electron chi connectivity index (χ1n) is 22.2. The molecule has 0 aliphatic carbocycles. The zero-order chi connectivity index (χ0) is 43.1. The van der Waals surface area contributed by atoms with E-state index in [1.807, 2.05) is 36.4 Å². The first kappa shape index (κ1) is 40.6. The Balaban J connectivity index is 0.711. The van der Waals surface area contributed by atoms with Crippen LogP contribution in [0.1, 0.15) is 89.9 Å². The number of amides is 5. The summed E-state index contributed by atoms with van der Waals surface area (Å²) < 4.78 is 0. The zero-order valence-corrected chi connectivity index (χ0v) is 36.3. The standard InChI is InChI=1S/C48H53ClN8O5/c1-46-26-55(33-14-19-52(20-15-33)34-8-10-36-37(24-34)45(62)57(44(36)61)40-12-13-41(58)51-42(40)59)27-47(46,2)29-56(28-46)43(60)31-4-6-32(7-5-31)53-21-16-48(17-22-53)18-23-54(30-48)35-9-11-39(50-3)38(49)25-35/h4-11,24-25,33,40H,12-23,26-30H2,1-2H3,(H,51,58,59)/t40?,46-,47+. The van der Waals surface area contributed by atoms with Crippen LogP contribution in [0.3, 0.4) is 0 Å². The van der Waals surface area contributed by atoms with Crippen molar-refractivity contribution in [1.82, 2.24) is 20.0 Å². The van der Waals surface area contributed by atoms with Crippen LogP contribution < -0.4 is 20.0 Å². The first-order valence-corrected chi connectivity index (χ1v) is 22.5. The van der Waals surface area contributed by atoms with Crippen molar-refractivity contribution in [3.05, 3.63) is 93.8 Å². The first-order chi connectivity index (χ1) is 29.8. The van der Waals surface area contributed by atoms with Crippen molar-refractivity contribution in [3.63, 3.8) is 0 Å². The zero-order valence-electron chi connectivity index (χ0n) is 35.5. The predicted octanol–water partition coefficient (Wildman–Crippen LogP) is 6.24. The van der Waals surface area contributed by atoms with E-state index in [1.165, 1.54) is 5.69 Å². The lowest BCUT2D eigenvalue weighted by Crippen LogP contribution is -2.54. The van der Waals surface area contributed by atoms with Crippen molar-refractivity contribution >= 4 is 63.9 Å². The summed E-state index contributed by atoms with van der Waals surface area (Å²) >= 11 is 6.36. The van der Waals surface area contributed by atoms with Crippen LogP contribution in [0, 0.1) is 22.8 Å². The third-order valence-corrected chi connectivity index (χ3v) is 16.2. The maximum atomic E-state index is 14.0. The van der Waals surface area contributed by atoms with E-state index in [-0.39, 0.29) is 35.0 Å². The van der Waals surface area contributed by atoms with Gasteiger partial charge >= 0.3 is 0 Å². The number of carbonyl (C=O) groups is 5. The molecule has 6 fully saturated rings. The Hall–Kier alpha value is -5.45. The molecule has 322 valence electrons. The molecule has 6 saturated heterocycles. The molecule has 7 aliphatic heterocycles. The second-order valence-electron chi connectivity index (χ2n) is 19.5. The van der Waals surface area contributed by atoms with Crippen LogP contribution in [-0.2, 0) is 9.59 Å². The summed E-state index contributed by atoms with van der Waals surface area (Å²) in [4.78, 5) is 81.3. The van der Waals surface area contributed by atoms with Gasteiger partial charge in [0, 0.05) is 116 Å². The van der Waals surface area contributed by atoms with Crippen LogP contribution >= 0.6 is 11.6 Å². The molecule has 0 saturated carbocycles. The van der Waals surface area contributed by atoms with Crippen molar-refractivity contribution in [2.24, 2.45) is 16.2 Å². The van der Waals surface area contributed by atoms with Gasteiger partial charge in [0.2, 0.25) is 17.5 Å². The molecule has 3 aromatic rings. The lowest BCUT2D eigenvalue weighted by molar-refractivity contribution is -0.136. The van der Waals surface area contributed by atoms with Gasteiger partial charge in [-0.1, -0.05) is 31.5 Å². The minimum atomic E-state index is -0.977. The van der Waals surface area contributed by atoms with Crippen LogP contribution in [0.25, 0.3) is 4.85 Å². The molecule has 1 unspecified atom stereocenters. The molecule has 14 heteroatoms. The Morgan fingerprint density at radius 2 is 1.31 bits per heavy atom. The van der Waals surface area contributed by atoms with Crippen LogP contribution in [0.5, 0.6) is 0 Å². The molecule has 10 rings (SSSR count). The molecule has 3 aromatic carbocycles. The van der Waals surface area contributed by atoms with Crippen molar-refractivity contribution in [2.75, 3.05) is 80.1 Å². The Labute approximate surface area is 367 Å². The number of hydrogen-bond donors (Lipinski definition) is 1. The molecule has 1 N–H and O–H groups in total. The van der Waals surface area contributed by atoms with E-state index in [9.17, 15) is 24.0 Å². The smallest absolute Gasteiger partial charge is 0.262 e. The number of anilines is 3. The molecule has 0 aromatic heterocycles. The number of halogens is 1. The summed E-state index contributed by atoms with van der Waals surface area (Å²) in [5, 5.41) is 2.77. The van der Waals surface area contributed by atoms with E-state index in [4.69, 9.17) is 18.2 Å². The second-order valence-corrected chi connectivity index (χ2v) is 19.9. The van der Waals surface area contributed by atoms with E-state index in [0.29, 0.717) is 27.9 Å². The van der Waals surface area contributed by atoms with Crippen LogP contribution in [-0.4, -0.2) is 122 Å². The Morgan fingerprint density at radius 1 is 0.710 bits per heavy atom. The van der Waals surface area contributed by atoms with Gasteiger partial charge in [0.1, 0.15) is 6.04 Å². The number of imide groups is 2. The van der Waals surface area contributed by atoms with E-state index in [1.54, 1.807) is 12.1 Å². The Morgan fingerprint density at radius 3 is 1.95 bits per heavy atom. The Bertz CT molecular complexity index is 2400. The van der Waals surface area contributed by atoms with Crippen LogP contribution in [0.2, 0.25) is 5.02 Å². The molecule has 0 radical (unpaired) electrons.